The number of halogens is 1. The number of hydrogen-bond acceptors (Lipinski definition) is 28. The smallest absolute Gasteiger partial charge is 0.323 e. The Morgan fingerprint density at radius 3 is 1.26 bits per heavy atom. The van der Waals surface area contributed by atoms with Crippen LogP contribution in [0.4, 0.5) is 0 Å². The maximum atomic E-state index is 14.2. The number of nitrogens with one attached hydrogen (secondary N) is 3. The van der Waals surface area contributed by atoms with Crippen molar-refractivity contribution in [1.82, 2.24) is 29.6 Å². The van der Waals surface area contributed by atoms with Gasteiger partial charge in [-0.25, -0.2) is 26.8 Å². The molecule has 0 spiro atoms. The van der Waals surface area contributed by atoms with Crippen molar-refractivity contribution in [2.75, 3.05) is 13.1 Å². The first kappa shape index (κ1) is 102. The molecule has 0 radical (unpaired) electrons. The number of hydrogen-bond donors (Lipinski definition) is 11. The molecule has 6 fully saturated rings. The number of nitrogens with zero attached hydrogens (tertiary/aromatic N) is 3. The molecule has 12 N–H and O–H groups in total. The fraction of sp³-hybridized carbons (Fsp3) is 0.607. The Hall–Kier alpha value is -9.14. The Balaban J connectivity index is 0.000000307. The first-order chi connectivity index (χ1) is 55.5. The molecule has 4 aliphatic carbocycles. The first-order valence-electron chi connectivity index (χ1n) is 39.8. The average Bonchev–Trinajstić information content (AvgIpc) is 1.58. The summed E-state index contributed by atoms with van der Waals surface area (Å²) < 4.78 is 82.0. The van der Waals surface area contributed by atoms with E-state index >= 15 is 0 Å². The van der Waals surface area contributed by atoms with Gasteiger partial charge in [0, 0.05) is 55.4 Å². The Morgan fingerprint density at radius 1 is 0.562 bits per heavy atom. The lowest BCUT2D eigenvalue weighted by atomic mass is 9.90. The second-order valence-corrected chi connectivity index (χ2v) is 38.8. The molecular weight excluding hydrogens is 1640 g/mol. The number of benzene rings is 2. The molecule has 6 aliphatic rings. The van der Waals surface area contributed by atoms with Gasteiger partial charge in [0.15, 0.2) is 11.6 Å². The number of Topliss-reactive ketones (excluding diaryl/α,β-unsaturated/α-hetero) is 2. The predicted molar refractivity (Wildman–Crippen MR) is 446 cm³/mol. The van der Waals surface area contributed by atoms with Crippen molar-refractivity contribution in [3.63, 3.8) is 0 Å². The number of carbonyl (C=O) groups is 11. The van der Waals surface area contributed by atoms with Crippen LogP contribution in [0.3, 0.4) is 0 Å². The fourth-order valence-corrected chi connectivity index (χ4v) is 16.4. The van der Waals surface area contributed by atoms with E-state index in [2.05, 4.69) is 44.0 Å². The van der Waals surface area contributed by atoms with Crippen molar-refractivity contribution in [2.45, 2.75) is 269 Å². The molecule has 2 aromatic carbocycles. The minimum absolute atomic E-state index is 0. The zero-order chi connectivity index (χ0) is 90.4. The van der Waals surface area contributed by atoms with Crippen LogP contribution in [0.2, 0.25) is 0 Å². The second-order valence-electron chi connectivity index (χ2n) is 34.8. The zero-order valence-electron chi connectivity index (χ0n) is 71.1. The van der Waals surface area contributed by atoms with E-state index in [0.717, 1.165) is 32.7 Å². The van der Waals surface area contributed by atoms with Gasteiger partial charge < -0.3 is 75.4 Å². The highest BCUT2D eigenvalue weighted by atomic mass is 35.5. The number of fused-ring (bicyclic) bond motifs is 2. The summed E-state index contributed by atoms with van der Waals surface area (Å²) in [7, 11) is -7.53. The van der Waals surface area contributed by atoms with Crippen molar-refractivity contribution in [2.24, 2.45) is 46.2 Å². The van der Waals surface area contributed by atoms with Gasteiger partial charge in [-0.3, -0.25) is 62.2 Å². The zero-order valence-corrected chi connectivity index (χ0v) is 73.6. The van der Waals surface area contributed by atoms with Crippen molar-refractivity contribution in [3.05, 3.63) is 97.4 Å². The van der Waals surface area contributed by atoms with E-state index in [-0.39, 0.29) is 75.3 Å². The van der Waals surface area contributed by atoms with Crippen LogP contribution in [-0.2, 0) is 87.0 Å². The molecule has 34 nitrogen and oxygen atoms in total. The number of carbonyl (C=O) groups excluding carboxylic acids is 8. The maximum Gasteiger partial charge on any atom is 0.323 e. The highest BCUT2D eigenvalue weighted by Crippen LogP contribution is 2.58. The summed E-state index contributed by atoms with van der Waals surface area (Å²) in [6, 6.07) is 13.0. The normalized spacial score (nSPS) is 23.0. The minimum atomic E-state index is -3.86. The summed E-state index contributed by atoms with van der Waals surface area (Å²) in [6.45, 7) is 32.6. The van der Waals surface area contributed by atoms with Gasteiger partial charge in [-0.1, -0.05) is 47.5 Å². The molecular formula is C84H120ClN7O27S2. The van der Waals surface area contributed by atoms with Crippen LogP contribution >= 0.6 is 12.4 Å². The molecule has 121 heavy (non-hydrogen) atoms. The summed E-state index contributed by atoms with van der Waals surface area (Å²) in [6.07, 6.45) is 3.08. The molecule has 672 valence electrons. The number of aryl methyl sites for hydroxylation is 2. The van der Waals surface area contributed by atoms with Crippen LogP contribution in [-0.4, -0.2) is 228 Å². The van der Waals surface area contributed by atoms with E-state index in [1.54, 1.807) is 80.8 Å². The van der Waals surface area contributed by atoms with Gasteiger partial charge in [0.05, 0.1) is 101 Å². The van der Waals surface area contributed by atoms with Gasteiger partial charge >= 0.3 is 35.8 Å². The number of ether oxygens (including phenoxy) is 5. The van der Waals surface area contributed by atoms with Gasteiger partial charge in [-0.05, 0) is 189 Å². The second kappa shape index (κ2) is 42.3. The molecule has 4 aromatic rings. The molecule has 16 atom stereocenters. The fourth-order valence-electron chi connectivity index (χ4n) is 13.6. The predicted octanol–water partition coefficient (Wildman–Crippen LogP) is 6.59. The minimum Gasteiger partial charge on any atom is -0.481 e. The Kier molecular flexibility index (Phi) is 35.8. The summed E-state index contributed by atoms with van der Waals surface area (Å²) in [5.41, 5.74) is 2.67. The van der Waals surface area contributed by atoms with E-state index in [1.807, 2.05) is 56.3 Å². The number of carboxylic acid groups (broad SMARTS) is 3. The lowest BCUT2D eigenvalue weighted by Gasteiger charge is -2.30. The third kappa shape index (κ3) is 30.1. The topological polar surface area (TPSA) is 535 Å². The number of pyridine rings is 2. The molecule has 10 rings (SSSR count). The number of aliphatic hydroxyl groups is 4. The van der Waals surface area contributed by atoms with Gasteiger partial charge in [-0.2, -0.15) is 0 Å². The molecule has 4 heterocycles. The maximum absolute atomic E-state index is 14.2. The number of rotatable bonds is 32. The van der Waals surface area contributed by atoms with E-state index in [1.165, 1.54) is 38.7 Å². The van der Waals surface area contributed by atoms with Crippen LogP contribution in [0, 0.1) is 54.3 Å². The number of amides is 3. The molecule has 3 amide bonds. The first-order valence-corrected chi connectivity index (χ1v) is 42.9. The molecule has 37 heteroatoms. The molecule has 2 aromatic heterocycles. The quantitative estimate of drug-likeness (QED) is 0.0139. The number of sulfonamides is 2. The van der Waals surface area contributed by atoms with Crippen LogP contribution in [0.5, 0.6) is 11.8 Å². The average molecular weight is 1760 g/mol. The third-order valence-corrected chi connectivity index (χ3v) is 24.4. The number of esters is 3. The van der Waals surface area contributed by atoms with E-state index < -0.39 is 196 Å². The molecule has 3 unspecified atom stereocenters. The third-order valence-electron chi connectivity index (χ3n) is 20.8. The largest absolute Gasteiger partial charge is 0.481 e. The number of aromatic nitrogens is 2. The van der Waals surface area contributed by atoms with Gasteiger partial charge in [-0.15, -0.1) is 25.6 Å². The number of ketones is 2. The van der Waals surface area contributed by atoms with E-state index in [4.69, 9.17) is 60.1 Å². The molecule has 0 bridgehead atoms. The highest BCUT2D eigenvalue weighted by Gasteiger charge is 2.63. The Morgan fingerprint density at radius 2 is 0.934 bits per heavy atom. The highest BCUT2D eigenvalue weighted by molar-refractivity contribution is 7.91. The van der Waals surface area contributed by atoms with Gasteiger partial charge in [0.1, 0.15) is 35.1 Å². The Labute approximate surface area is 711 Å². The molecule has 2 saturated heterocycles. The SMILES string of the molecule is C=C[C@@H]1C[C@]1(CC(=O)[C@@H]1C[C@@H](Oc2nccc3cc(C)ccc23)CN1)C(=O)NS(=O)(=O)C1CC1.C=C[C@@H]1C[C@]1(CC(=O)[C@@H]1C[C@@H](Oc2nccc3cc(C)ccc23)CN1C(=O)[C@@H](CC(=O)OC(C)(C)C)[C@H](C)O)C(=O)NS(=O)(=O)C1CC1.C[C@H](O)C(CC(=O)OC(C)(C)C)C(=O)O.C[C@H](O)C(CC(=O)OC(C)(C)C)C(=O)O.C[C@H](O)C(N)C(=O)O.Cl. The van der Waals surface area contributed by atoms with Crippen molar-refractivity contribution in [1.29, 1.82) is 0 Å². The lowest BCUT2D eigenvalue weighted by Crippen LogP contribution is -2.48. The molecule has 2 aliphatic heterocycles. The van der Waals surface area contributed by atoms with Crippen LogP contribution in [0.25, 0.3) is 21.5 Å². The summed E-state index contributed by atoms with van der Waals surface area (Å²) in [5, 5.41) is 68.6. The van der Waals surface area contributed by atoms with Crippen LogP contribution < -0.4 is 30.0 Å². The van der Waals surface area contributed by atoms with Crippen molar-refractivity contribution >= 4 is 119 Å². The van der Waals surface area contributed by atoms with E-state index in [9.17, 15) is 74.7 Å². The van der Waals surface area contributed by atoms with Crippen LogP contribution in [0.15, 0.2) is 86.2 Å². The standard InChI is InChI=1S/C35H45N3O9S.C25H29N3O5S.2C10H18O5.C4H9NO3.ClH/c1-7-23-17-35(23,33(43)37-48(44,45)25-9-10-25)18-29(40)28-15-24(46-31-26-11-8-20(2)14-22(26)12-13-36-31)19-38(28)32(42)27(21(3)39)16-30(41)47-34(4,5)6;1-3-17-12-25(17,24(30)28-34(31,32)19-5-6-19)13-22(29)21-11-18(14-27-21)33-23-20-7-4-15(2)10-16(20)8-9-26-23;2*1-6(11)7(9(13)14)5-8(12)15-10(2,3)4;1-2(6)3(5)4(7)8;/h7-8,11-14,21,23-25,27-28,39H,1,9-10,15-19H2,2-6H3,(H,37,43);3-4,7-10,17-19,21,27H,1,5-6,11-14H2,2H3,(H,28,30);2*6-7,11H,5H2,1-4H3,(H,13,14);2-3,6H,5H2,1H3,(H,7,8);1H/t21-,23+,24+,27-,28-,35+;17-,18-,21+,25-;2*6-,7?;2-,3?;/m01000./s1. The number of nitrogens with two attached hydrogens (primary N) is 1. The lowest BCUT2D eigenvalue weighted by molar-refractivity contribution is -0.162. The number of allylic oxidation sites excluding steroid dienone is 2. The van der Waals surface area contributed by atoms with E-state index in [0.29, 0.717) is 56.8 Å². The Bertz CT molecular complexity index is 4610. The van der Waals surface area contributed by atoms with Gasteiger partial charge in [0.25, 0.3) is 0 Å². The summed E-state index contributed by atoms with van der Waals surface area (Å²) >= 11 is 0. The van der Waals surface area contributed by atoms with Gasteiger partial charge in [0.2, 0.25) is 49.5 Å². The number of carboxylic acids is 3. The number of aliphatic carboxylic acids is 3. The molecule has 4 saturated carbocycles. The summed E-state index contributed by atoms with van der Waals surface area (Å²) in [5.74, 6) is -11.2. The van der Waals surface area contributed by atoms with Crippen molar-refractivity contribution in [3.8, 4) is 11.8 Å². The van der Waals surface area contributed by atoms with Crippen molar-refractivity contribution < 1.29 is 129 Å². The number of likely N-dealkylation sites (tertiary alicyclic amines) is 1. The van der Waals surface area contributed by atoms with Crippen LogP contribution in [0.1, 0.15) is 185 Å². The monoisotopic (exact) mass is 1760 g/mol. The number of aliphatic hydroxyl groups excluding tert-OH is 4. The summed E-state index contributed by atoms with van der Waals surface area (Å²) in [4.78, 5) is 144.